The maximum absolute atomic E-state index is 13.1. The number of hydrogen-bond acceptors (Lipinski definition) is 5. The van der Waals surface area contributed by atoms with Crippen LogP contribution in [0.2, 0.25) is 0 Å². The highest BCUT2D eigenvalue weighted by Crippen LogP contribution is 2.63. The zero-order valence-corrected chi connectivity index (χ0v) is 18.5. The van der Waals surface area contributed by atoms with E-state index in [1.54, 1.807) is 4.57 Å². The average molecular weight is 443 g/mol. The largest absolute Gasteiger partial charge is 0.378 e. The molecular formula is C23H26N2O3S2. The Morgan fingerprint density at radius 2 is 1.87 bits per heavy atom. The lowest BCUT2D eigenvalue weighted by atomic mass is 9.75. The van der Waals surface area contributed by atoms with Gasteiger partial charge >= 0.3 is 4.87 Å². The van der Waals surface area contributed by atoms with E-state index in [2.05, 4.69) is 30.3 Å². The maximum atomic E-state index is 13.1. The second kappa shape index (κ2) is 7.53. The molecule has 5 atom stereocenters. The van der Waals surface area contributed by atoms with Gasteiger partial charge in [-0.3, -0.25) is 14.2 Å². The van der Waals surface area contributed by atoms with Crippen LogP contribution in [-0.4, -0.2) is 46.9 Å². The van der Waals surface area contributed by atoms with Crippen molar-refractivity contribution in [3.63, 3.8) is 0 Å². The van der Waals surface area contributed by atoms with E-state index in [4.69, 9.17) is 4.74 Å². The molecule has 1 aromatic heterocycles. The van der Waals surface area contributed by atoms with E-state index in [-0.39, 0.29) is 17.3 Å². The standard InChI is InChI=1S/C23H26N2O3S2/c26-17(24-8-10-28-11-9-24)13-25-22-21(30-23(25)27)18(14-4-2-1-3-5-14)19-15-6-7-16(12-15)20(19)29-22/h1-5,15-16,18-20H,6-13H2/t15-,16-,18-,19-,20+/m0/s1. The molecular weight excluding hydrogens is 416 g/mol. The van der Waals surface area contributed by atoms with Crippen LogP contribution in [-0.2, 0) is 16.1 Å². The molecule has 5 nitrogen and oxygen atoms in total. The Labute approximate surface area is 184 Å². The number of morpholine rings is 1. The van der Waals surface area contributed by atoms with Gasteiger partial charge in [0.2, 0.25) is 5.91 Å². The number of hydrogen-bond donors (Lipinski definition) is 0. The number of aromatic nitrogens is 1. The summed E-state index contributed by atoms with van der Waals surface area (Å²) in [6, 6.07) is 10.7. The van der Waals surface area contributed by atoms with E-state index in [0.29, 0.717) is 43.4 Å². The molecule has 0 unspecified atom stereocenters. The molecule has 0 N–H and O–H groups in total. The summed E-state index contributed by atoms with van der Waals surface area (Å²) in [6.45, 7) is 2.56. The number of amides is 1. The first-order valence-electron chi connectivity index (χ1n) is 11.0. The summed E-state index contributed by atoms with van der Waals surface area (Å²) < 4.78 is 7.15. The quantitative estimate of drug-likeness (QED) is 0.731. The predicted molar refractivity (Wildman–Crippen MR) is 118 cm³/mol. The Balaban J connectivity index is 1.40. The molecule has 1 saturated heterocycles. The molecule has 7 heteroatoms. The third-order valence-corrected chi connectivity index (χ3v) is 10.3. The van der Waals surface area contributed by atoms with Crippen LogP contribution in [0.3, 0.4) is 0 Å². The van der Waals surface area contributed by atoms with Crippen LogP contribution < -0.4 is 4.87 Å². The third-order valence-electron chi connectivity index (χ3n) is 7.51. The zero-order valence-electron chi connectivity index (χ0n) is 16.9. The number of rotatable bonds is 3. The van der Waals surface area contributed by atoms with E-state index < -0.39 is 0 Å². The molecule has 1 amide bonds. The fraction of sp³-hybridized carbons (Fsp3) is 0.565. The van der Waals surface area contributed by atoms with Crippen molar-refractivity contribution in [3.05, 3.63) is 50.4 Å². The SMILES string of the molecule is O=C(Cn1c2c(sc1=O)[C@@H](c1ccccc1)[C@@H]1[C@H]3CC[C@@H](C3)[C@H]1S2)N1CCOCC1. The Kier molecular flexibility index (Phi) is 4.81. The van der Waals surface area contributed by atoms with Crippen molar-refractivity contribution in [1.82, 2.24) is 9.47 Å². The third kappa shape index (κ3) is 3.00. The molecule has 0 spiro atoms. The molecule has 3 fully saturated rings. The Bertz CT molecular complexity index is 1010. The first-order valence-corrected chi connectivity index (χ1v) is 12.7. The Morgan fingerprint density at radius 3 is 2.67 bits per heavy atom. The molecule has 0 radical (unpaired) electrons. The van der Waals surface area contributed by atoms with Gasteiger partial charge in [0.15, 0.2) is 0 Å². The first-order chi connectivity index (χ1) is 14.7. The van der Waals surface area contributed by atoms with Gasteiger partial charge in [-0.25, -0.2) is 0 Å². The van der Waals surface area contributed by atoms with Crippen molar-refractivity contribution in [2.24, 2.45) is 17.8 Å². The van der Waals surface area contributed by atoms with Crippen molar-refractivity contribution < 1.29 is 9.53 Å². The Morgan fingerprint density at radius 1 is 1.10 bits per heavy atom. The van der Waals surface area contributed by atoms with E-state index in [1.165, 1.54) is 41.0 Å². The first kappa shape index (κ1) is 19.1. The van der Waals surface area contributed by atoms with Crippen LogP contribution in [0.25, 0.3) is 0 Å². The van der Waals surface area contributed by atoms with Gasteiger partial charge in [0.05, 0.1) is 18.2 Å². The van der Waals surface area contributed by atoms with Gasteiger partial charge in [0, 0.05) is 29.1 Å². The molecule has 30 heavy (non-hydrogen) atoms. The predicted octanol–water partition coefficient (Wildman–Crippen LogP) is 3.42. The summed E-state index contributed by atoms with van der Waals surface area (Å²) >= 11 is 3.28. The van der Waals surface area contributed by atoms with Crippen LogP contribution in [0, 0.1) is 17.8 Å². The monoisotopic (exact) mass is 442 g/mol. The minimum absolute atomic E-state index is 0.0161. The number of ether oxygens (including phenoxy) is 1. The van der Waals surface area contributed by atoms with Gasteiger partial charge in [-0.2, -0.15) is 0 Å². The maximum Gasteiger partial charge on any atom is 0.308 e. The summed E-state index contributed by atoms with van der Waals surface area (Å²) in [5.41, 5.74) is 1.33. The van der Waals surface area contributed by atoms with E-state index in [1.807, 2.05) is 16.7 Å². The van der Waals surface area contributed by atoms with Gasteiger partial charge < -0.3 is 9.64 Å². The average Bonchev–Trinajstić information content (AvgIpc) is 3.48. The molecule has 2 aliphatic heterocycles. The highest BCUT2D eigenvalue weighted by Gasteiger charge is 2.55. The zero-order chi connectivity index (χ0) is 20.2. The highest BCUT2D eigenvalue weighted by molar-refractivity contribution is 8.00. The summed E-state index contributed by atoms with van der Waals surface area (Å²) in [7, 11) is 0. The van der Waals surface area contributed by atoms with Crippen molar-refractivity contribution in [3.8, 4) is 0 Å². The lowest BCUT2D eigenvalue weighted by Gasteiger charge is -2.40. The van der Waals surface area contributed by atoms with Crippen LogP contribution in [0.4, 0.5) is 0 Å². The number of carbonyl (C=O) groups is 1. The van der Waals surface area contributed by atoms with Crippen molar-refractivity contribution >= 4 is 29.0 Å². The number of thioether (sulfide) groups is 1. The number of thiazole rings is 1. The van der Waals surface area contributed by atoms with Crippen molar-refractivity contribution in [1.29, 1.82) is 0 Å². The van der Waals surface area contributed by atoms with E-state index in [9.17, 15) is 9.59 Å². The number of carbonyl (C=O) groups excluding carboxylic acids is 1. The van der Waals surface area contributed by atoms with E-state index in [0.717, 1.165) is 16.9 Å². The molecule has 158 valence electrons. The summed E-state index contributed by atoms with van der Waals surface area (Å²) in [5, 5.41) is 1.63. The molecule has 2 aliphatic carbocycles. The molecule has 2 aromatic rings. The van der Waals surface area contributed by atoms with Gasteiger partial charge in [0.25, 0.3) is 0 Å². The highest BCUT2D eigenvalue weighted by atomic mass is 32.2. The smallest absolute Gasteiger partial charge is 0.308 e. The fourth-order valence-electron chi connectivity index (χ4n) is 6.17. The number of fused-ring (bicyclic) bond motifs is 6. The molecule has 4 aliphatic rings. The normalized spacial score (nSPS) is 32.1. The summed E-state index contributed by atoms with van der Waals surface area (Å²) in [4.78, 5) is 29.0. The van der Waals surface area contributed by atoms with Crippen LogP contribution in [0.15, 0.2) is 40.2 Å². The molecule has 3 heterocycles. The van der Waals surface area contributed by atoms with Gasteiger partial charge in [-0.1, -0.05) is 41.7 Å². The topological polar surface area (TPSA) is 51.5 Å². The minimum Gasteiger partial charge on any atom is -0.378 e. The lowest BCUT2D eigenvalue weighted by molar-refractivity contribution is -0.136. The van der Waals surface area contributed by atoms with Crippen LogP contribution in [0.1, 0.15) is 35.6 Å². The van der Waals surface area contributed by atoms with Crippen LogP contribution in [0.5, 0.6) is 0 Å². The Hall–Kier alpha value is -1.57. The van der Waals surface area contributed by atoms with Gasteiger partial charge in [0.1, 0.15) is 6.54 Å². The minimum atomic E-state index is 0.0161. The number of nitrogens with zero attached hydrogens (tertiary/aromatic N) is 2. The molecule has 2 bridgehead atoms. The van der Waals surface area contributed by atoms with Crippen molar-refractivity contribution in [2.75, 3.05) is 26.3 Å². The lowest BCUT2D eigenvalue weighted by Crippen LogP contribution is -2.43. The van der Waals surface area contributed by atoms with E-state index >= 15 is 0 Å². The summed E-state index contributed by atoms with van der Waals surface area (Å²) in [5.74, 6) is 2.47. The number of benzene rings is 1. The fourth-order valence-corrected chi connectivity index (χ4v) is 9.32. The molecule has 2 saturated carbocycles. The second-order valence-electron chi connectivity index (χ2n) is 9.00. The summed E-state index contributed by atoms with van der Waals surface area (Å²) in [6.07, 6.45) is 3.98. The second-order valence-corrected chi connectivity index (χ2v) is 11.2. The van der Waals surface area contributed by atoms with Gasteiger partial charge in [-0.05, 0) is 42.6 Å². The molecule has 1 aromatic carbocycles. The molecule has 6 rings (SSSR count). The van der Waals surface area contributed by atoms with Crippen molar-refractivity contribution in [2.45, 2.75) is 42.0 Å². The van der Waals surface area contributed by atoms with Crippen LogP contribution >= 0.6 is 23.1 Å². The van der Waals surface area contributed by atoms with Gasteiger partial charge in [-0.15, -0.1) is 11.8 Å².